The van der Waals surface area contributed by atoms with E-state index >= 15 is 0 Å². The number of nitrogens with one attached hydrogen (secondary N) is 1. The zero-order chi connectivity index (χ0) is 21.4. The number of aromatic nitrogens is 4. The van der Waals surface area contributed by atoms with E-state index in [9.17, 15) is 5.26 Å². The summed E-state index contributed by atoms with van der Waals surface area (Å²) in [6, 6.07) is 8.06. The maximum Gasteiger partial charge on any atom is 0.183 e. The SMILES string of the molecule is C=C[C@H]1CCN(c2n[nH]c3nc([C@H]4CC[C@@H](CN)CC4)cnc23)c2ccc(C#N)cc21. The summed E-state index contributed by atoms with van der Waals surface area (Å²) in [5, 5.41) is 17.0. The molecule has 0 amide bonds. The Hall–Kier alpha value is -3.24. The molecule has 1 atom stereocenters. The molecule has 0 radical (unpaired) electrons. The molecule has 2 aliphatic rings. The smallest absolute Gasteiger partial charge is 0.183 e. The number of aromatic amines is 1. The van der Waals surface area contributed by atoms with Crippen LogP contribution in [-0.2, 0) is 0 Å². The highest BCUT2D eigenvalue weighted by atomic mass is 15.3. The van der Waals surface area contributed by atoms with Crippen molar-refractivity contribution >= 4 is 22.7 Å². The van der Waals surface area contributed by atoms with Gasteiger partial charge >= 0.3 is 0 Å². The van der Waals surface area contributed by atoms with Gasteiger partial charge in [0.05, 0.1) is 17.3 Å². The number of anilines is 2. The van der Waals surface area contributed by atoms with E-state index in [4.69, 9.17) is 15.7 Å². The van der Waals surface area contributed by atoms with Gasteiger partial charge in [-0.2, -0.15) is 10.4 Å². The Labute approximate surface area is 182 Å². The first kappa shape index (κ1) is 19.7. The number of benzene rings is 1. The lowest BCUT2D eigenvalue weighted by atomic mass is 9.81. The Morgan fingerprint density at radius 1 is 1.26 bits per heavy atom. The summed E-state index contributed by atoms with van der Waals surface area (Å²) in [5.41, 5.74) is 11.2. The quantitative estimate of drug-likeness (QED) is 0.619. The molecule has 0 unspecified atom stereocenters. The largest absolute Gasteiger partial charge is 0.330 e. The van der Waals surface area contributed by atoms with E-state index in [1.807, 2.05) is 30.5 Å². The molecule has 5 rings (SSSR count). The minimum atomic E-state index is 0.228. The lowest BCUT2D eigenvalue weighted by Crippen LogP contribution is -2.27. The van der Waals surface area contributed by atoms with Gasteiger partial charge in [0.25, 0.3) is 0 Å². The van der Waals surface area contributed by atoms with Crippen LogP contribution in [-0.4, -0.2) is 33.3 Å². The summed E-state index contributed by atoms with van der Waals surface area (Å²) in [6.45, 7) is 5.57. The molecule has 1 aliphatic carbocycles. The summed E-state index contributed by atoms with van der Waals surface area (Å²) in [6.07, 6.45) is 9.36. The van der Waals surface area contributed by atoms with Crippen LogP contribution in [0.1, 0.15) is 60.8 Å². The summed E-state index contributed by atoms with van der Waals surface area (Å²) in [5.74, 6) is 2.10. The van der Waals surface area contributed by atoms with Crippen molar-refractivity contribution in [2.45, 2.75) is 43.9 Å². The van der Waals surface area contributed by atoms with Gasteiger partial charge in [-0.1, -0.05) is 6.08 Å². The van der Waals surface area contributed by atoms with Crippen molar-refractivity contribution in [3.8, 4) is 6.07 Å². The van der Waals surface area contributed by atoms with Crippen LogP contribution in [0.3, 0.4) is 0 Å². The van der Waals surface area contributed by atoms with Gasteiger partial charge in [0.1, 0.15) is 0 Å². The van der Waals surface area contributed by atoms with Crippen molar-refractivity contribution in [3.05, 3.63) is 53.9 Å². The lowest BCUT2D eigenvalue weighted by molar-refractivity contribution is 0.329. The Kier molecular flexibility index (Phi) is 5.16. The number of rotatable bonds is 4. The molecule has 3 N–H and O–H groups in total. The fourth-order valence-electron chi connectivity index (χ4n) is 5.06. The van der Waals surface area contributed by atoms with E-state index < -0.39 is 0 Å². The third kappa shape index (κ3) is 3.47. The zero-order valence-electron chi connectivity index (χ0n) is 17.6. The highest BCUT2D eigenvalue weighted by molar-refractivity contribution is 5.87. The first-order valence-corrected chi connectivity index (χ1v) is 11.1. The number of allylic oxidation sites excluding steroid dienone is 1. The van der Waals surface area contributed by atoms with Gasteiger partial charge in [-0.25, -0.2) is 9.97 Å². The van der Waals surface area contributed by atoms with Gasteiger partial charge in [-0.15, -0.1) is 6.58 Å². The van der Waals surface area contributed by atoms with Gasteiger partial charge < -0.3 is 10.6 Å². The molecule has 3 heterocycles. The third-order valence-corrected chi connectivity index (χ3v) is 6.92. The molecule has 1 aliphatic heterocycles. The molecule has 0 saturated heterocycles. The number of fused-ring (bicyclic) bond motifs is 2. The summed E-state index contributed by atoms with van der Waals surface area (Å²) >= 11 is 0. The molecule has 1 fully saturated rings. The molecule has 3 aromatic rings. The van der Waals surface area contributed by atoms with Crippen LogP contribution in [0, 0.1) is 17.2 Å². The molecule has 31 heavy (non-hydrogen) atoms. The average molecular weight is 414 g/mol. The molecule has 7 heteroatoms. The molecule has 2 aromatic heterocycles. The number of hydrogen-bond acceptors (Lipinski definition) is 6. The third-order valence-electron chi connectivity index (χ3n) is 6.92. The van der Waals surface area contributed by atoms with Gasteiger partial charge in [0.15, 0.2) is 17.0 Å². The van der Waals surface area contributed by atoms with Crippen molar-refractivity contribution in [3.63, 3.8) is 0 Å². The molecule has 7 nitrogen and oxygen atoms in total. The lowest BCUT2D eigenvalue weighted by Gasteiger charge is -2.33. The molecular formula is C24H27N7. The number of nitrogens with two attached hydrogens (primary N) is 1. The van der Waals surface area contributed by atoms with Crippen LogP contribution >= 0.6 is 0 Å². The van der Waals surface area contributed by atoms with E-state index in [0.29, 0.717) is 17.4 Å². The van der Waals surface area contributed by atoms with E-state index in [1.54, 1.807) is 0 Å². The van der Waals surface area contributed by atoms with Crippen LogP contribution < -0.4 is 10.6 Å². The van der Waals surface area contributed by atoms with Crippen molar-refractivity contribution < 1.29 is 0 Å². The highest BCUT2D eigenvalue weighted by Crippen LogP contribution is 2.41. The predicted molar refractivity (Wildman–Crippen MR) is 121 cm³/mol. The Balaban J connectivity index is 1.48. The Bertz CT molecular complexity index is 1150. The van der Waals surface area contributed by atoms with Crippen LogP contribution in [0.15, 0.2) is 37.1 Å². The Morgan fingerprint density at radius 3 is 2.84 bits per heavy atom. The Morgan fingerprint density at radius 2 is 2.10 bits per heavy atom. The second-order valence-corrected chi connectivity index (χ2v) is 8.66. The van der Waals surface area contributed by atoms with Crippen LogP contribution in [0.2, 0.25) is 0 Å². The minimum Gasteiger partial charge on any atom is -0.330 e. The maximum atomic E-state index is 9.32. The average Bonchev–Trinajstić information content (AvgIpc) is 3.26. The fourth-order valence-corrected chi connectivity index (χ4v) is 5.06. The first-order chi connectivity index (χ1) is 15.2. The fraction of sp³-hybridized carbons (Fsp3) is 0.417. The molecule has 158 valence electrons. The molecule has 0 bridgehead atoms. The predicted octanol–water partition coefficient (Wildman–Crippen LogP) is 4.27. The van der Waals surface area contributed by atoms with Gasteiger partial charge in [0, 0.05) is 30.3 Å². The van der Waals surface area contributed by atoms with Gasteiger partial charge in [-0.3, -0.25) is 5.10 Å². The number of nitrogens with zero attached hydrogens (tertiary/aromatic N) is 5. The number of hydrogen-bond donors (Lipinski definition) is 2. The molecule has 0 spiro atoms. The second-order valence-electron chi connectivity index (χ2n) is 8.66. The van der Waals surface area contributed by atoms with Gasteiger partial charge in [0.2, 0.25) is 0 Å². The van der Waals surface area contributed by atoms with E-state index in [1.165, 1.54) is 0 Å². The zero-order valence-corrected chi connectivity index (χ0v) is 17.6. The van der Waals surface area contributed by atoms with E-state index in [2.05, 4.69) is 27.7 Å². The van der Waals surface area contributed by atoms with Crippen molar-refractivity contribution in [2.24, 2.45) is 11.7 Å². The number of H-pyrrole nitrogens is 1. The highest BCUT2D eigenvalue weighted by Gasteiger charge is 2.29. The van der Waals surface area contributed by atoms with Crippen LogP contribution in [0.25, 0.3) is 11.2 Å². The number of nitriles is 1. The monoisotopic (exact) mass is 413 g/mol. The topological polar surface area (TPSA) is 108 Å². The summed E-state index contributed by atoms with van der Waals surface area (Å²) in [4.78, 5) is 11.8. The molecule has 1 aromatic carbocycles. The second kappa shape index (κ2) is 8.12. The van der Waals surface area contributed by atoms with Crippen molar-refractivity contribution in [1.82, 2.24) is 20.2 Å². The van der Waals surface area contributed by atoms with Crippen LogP contribution in [0.4, 0.5) is 11.5 Å². The van der Waals surface area contributed by atoms with Crippen molar-refractivity contribution in [2.75, 3.05) is 18.0 Å². The minimum absolute atomic E-state index is 0.228. The molecular weight excluding hydrogens is 386 g/mol. The summed E-state index contributed by atoms with van der Waals surface area (Å²) < 4.78 is 0. The van der Waals surface area contributed by atoms with Crippen molar-refractivity contribution in [1.29, 1.82) is 5.26 Å². The van der Waals surface area contributed by atoms with Gasteiger partial charge in [-0.05, 0) is 68.3 Å². The van der Waals surface area contributed by atoms with E-state index in [0.717, 1.165) is 79.1 Å². The molecule has 1 saturated carbocycles. The van der Waals surface area contributed by atoms with E-state index in [-0.39, 0.29) is 5.92 Å². The first-order valence-electron chi connectivity index (χ1n) is 11.1. The summed E-state index contributed by atoms with van der Waals surface area (Å²) in [7, 11) is 0. The normalized spacial score (nSPS) is 23.4. The standard InChI is InChI=1S/C24H27N7/c1-2-17-9-10-31(21-8-5-16(13-26)11-19(17)21)24-22-23(29-30-24)28-20(14-27-22)18-6-3-15(12-25)4-7-18/h2,5,8,11,14-15,17-18H,1,3-4,6-7,9-10,12,25H2,(H,28,29,30)/t15-,17-,18+/m0/s1. The van der Waals surface area contributed by atoms with Crippen LogP contribution in [0.5, 0.6) is 0 Å². The maximum absolute atomic E-state index is 9.32.